The number of nitrogens with one attached hydrogen (secondary N) is 1. The van der Waals surface area contributed by atoms with Crippen LogP contribution in [0.1, 0.15) is 54.0 Å². The average molecular weight is 296 g/mol. The lowest BCUT2D eigenvalue weighted by atomic mass is 10.2. The van der Waals surface area contributed by atoms with E-state index in [4.69, 9.17) is 0 Å². The van der Waals surface area contributed by atoms with Gasteiger partial charge in [0.15, 0.2) is 0 Å². The Labute approximate surface area is 132 Å². The van der Waals surface area contributed by atoms with Crippen molar-refractivity contribution in [1.82, 2.24) is 4.90 Å². The molecule has 3 heteroatoms. The van der Waals surface area contributed by atoms with Gasteiger partial charge < -0.3 is 10.2 Å². The molecule has 21 heavy (non-hydrogen) atoms. The molecule has 0 fully saturated rings. The molecule has 0 aliphatic rings. The van der Waals surface area contributed by atoms with Gasteiger partial charge in [-0.05, 0) is 38.7 Å². The van der Waals surface area contributed by atoms with E-state index in [1.807, 2.05) is 58.9 Å². The number of para-hydroxylation sites is 1. The standard InChI is InChI=1S/C9H11NO.C5H13N.2C2H6/c1-7-5-3-4-6-9(7)10-8(2)11;1-4-6(3)5-2;2*1-2/h3-6H,1-2H3,(H,10,11);4-5H2,1-3H3;2*1-2H3. The molecule has 3 nitrogen and oxygen atoms in total. The van der Waals surface area contributed by atoms with E-state index in [0.717, 1.165) is 24.3 Å². The molecule has 1 N–H and O–H groups in total. The fraction of sp³-hybridized carbons (Fsp3) is 0.611. The van der Waals surface area contributed by atoms with Crippen LogP contribution < -0.4 is 5.32 Å². The van der Waals surface area contributed by atoms with E-state index >= 15 is 0 Å². The van der Waals surface area contributed by atoms with Crippen molar-refractivity contribution in [3.8, 4) is 0 Å². The van der Waals surface area contributed by atoms with Gasteiger partial charge in [0.05, 0.1) is 0 Å². The van der Waals surface area contributed by atoms with Crippen molar-refractivity contribution in [1.29, 1.82) is 0 Å². The third-order valence-electron chi connectivity index (χ3n) is 2.54. The Hall–Kier alpha value is -1.35. The molecule has 0 atom stereocenters. The van der Waals surface area contributed by atoms with Gasteiger partial charge in [-0.25, -0.2) is 0 Å². The predicted octanol–water partition coefficient (Wildman–Crippen LogP) is 4.96. The van der Waals surface area contributed by atoms with Crippen LogP contribution in [0.2, 0.25) is 0 Å². The summed E-state index contributed by atoms with van der Waals surface area (Å²) < 4.78 is 0. The third kappa shape index (κ3) is 16.6. The number of hydrogen-bond acceptors (Lipinski definition) is 2. The topological polar surface area (TPSA) is 32.3 Å². The van der Waals surface area contributed by atoms with Crippen LogP contribution in [0.5, 0.6) is 0 Å². The Morgan fingerprint density at radius 1 is 1.05 bits per heavy atom. The number of rotatable bonds is 3. The number of carbonyl (C=O) groups is 1. The lowest BCUT2D eigenvalue weighted by molar-refractivity contribution is -0.114. The van der Waals surface area contributed by atoms with Gasteiger partial charge in [-0.3, -0.25) is 4.79 Å². The van der Waals surface area contributed by atoms with Gasteiger partial charge >= 0.3 is 0 Å². The molecule has 0 aromatic heterocycles. The first-order valence-corrected chi connectivity index (χ1v) is 8.03. The van der Waals surface area contributed by atoms with E-state index < -0.39 is 0 Å². The minimum Gasteiger partial charge on any atom is -0.326 e. The second-order valence-corrected chi connectivity index (χ2v) is 3.98. The molecule has 0 saturated carbocycles. The first kappa shape index (κ1) is 24.7. The van der Waals surface area contributed by atoms with Gasteiger partial charge in [-0.15, -0.1) is 0 Å². The van der Waals surface area contributed by atoms with E-state index in [1.165, 1.54) is 6.92 Å². The Kier molecular flexibility index (Phi) is 21.9. The van der Waals surface area contributed by atoms with Crippen molar-refractivity contribution in [2.24, 2.45) is 0 Å². The normalized spacial score (nSPS) is 8.29. The lowest BCUT2D eigenvalue weighted by Gasteiger charge is -2.07. The first-order valence-electron chi connectivity index (χ1n) is 8.03. The molecule has 1 aromatic carbocycles. The van der Waals surface area contributed by atoms with Gasteiger partial charge in [0.2, 0.25) is 5.91 Å². The van der Waals surface area contributed by atoms with Crippen LogP contribution in [0, 0.1) is 6.92 Å². The van der Waals surface area contributed by atoms with E-state index in [-0.39, 0.29) is 5.91 Å². The first-order chi connectivity index (χ1) is 10.0. The highest BCUT2D eigenvalue weighted by atomic mass is 16.1. The highest BCUT2D eigenvalue weighted by Gasteiger charge is 1.96. The Morgan fingerprint density at radius 3 is 1.76 bits per heavy atom. The van der Waals surface area contributed by atoms with Gasteiger partial charge in [-0.1, -0.05) is 59.7 Å². The highest BCUT2D eigenvalue weighted by molar-refractivity contribution is 5.89. The summed E-state index contributed by atoms with van der Waals surface area (Å²) in [6.45, 7) is 18.1. The number of anilines is 1. The van der Waals surface area contributed by atoms with Crippen LogP contribution in [0.15, 0.2) is 24.3 Å². The zero-order valence-electron chi connectivity index (χ0n) is 15.6. The zero-order chi connectivity index (χ0) is 17.3. The van der Waals surface area contributed by atoms with Crippen LogP contribution in [-0.4, -0.2) is 30.9 Å². The fourth-order valence-electron chi connectivity index (χ4n) is 1.13. The molecular formula is C18H36N2O. The maximum atomic E-state index is 10.7. The molecule has 1 amide bonds. The Balaban J connectivity index is -0.000000277. The monoisotopic (exact) mass is 296 g/mol. The summed E-state index contributed by atoms with van der Waals surface area (Å²) in [5.41, 5.74) is 1.97. The summed E-state index contributed by atoms with van der Waals surface area (Å²) in [4.78, 5) is 12.9. The summed E-state index contributed by atoms with van der Waals surface area (Å²) in [6, 6.07) is 7.70. The molecule has 0 aliphatic carbocycles. The number of carbonyl (C=O) groups excluding carboxylic acids is 1. The molecule has 0 radical (unpaired) electrons. The van der Waals surface area contributed by atoms with Crippen LogP contribution in [0.3, 0.4) is 0 Å². The second kappa shape index (κ2) is 18.7. The number of amides is 1. The molecule has 0 aliphatic heterocycles. The molecule has 0 bridgehead atoms. The molecule has 124 valence electrons. The molecule has 1 aromatic rings. The SMILES string of the molecule is CC.CC.CC(=O)Nc1ccccc1C.CCN(C)CC. The summed E-state index contributed by atoms with van der Waals surface area (Å²) >= 11 is 0. The largest absolute Gasteiger partial charge is 0.326 e. The van der Waals surface area contributed by atoms with Crippen molar-refractivity contribution in [3.63, 3.8) is 0 Å². The molecule has 0 spiro atoms. The van der Waals surface area contributed by atoms with Crippen molar-refractivity contribution in [2.45, 2.75) is 55.4 Å². The number of nitrogens with zero attached hydrogens (tertiary/aromatic N) is 1. The van der Waals surface area contributed by atoms with Crippen molar-refractivity contribution >= 4 is 11.6 Å². The molecule has 1 rings (SSSR count). The minimum atomic E-state index is -0.0284. The van der Waals surface area contributed by atoms with Gasteiger partial charge in [0, 0.05) is 12.6 Å². The van der Waals surface area contributed by atoms with Crippen molar-refractivity contribution in [3.05, 3.63) is 29.8 Å². The number of hydrogen-bond donors (Lipinski definition) is 1. The lowest BCUT2D eigenvalue weighted by Crippen LogP contribution is -2.15. The van der Waals surface area contributed by atoms with Crippen molar-refractivity contribution < 1.29 is 4.79 Å². The zero-order valence-corrected chi connectivity index (χ0v) is 15.6. The van der Waals surface area contributed by atoms with E-state index in [9.17, 15) is 4.79 Å². The second-order valence-electron chi connectivity index (χ2n) is 3.98. The summed E-state index contributed by atoms with van der Waals surface area (Å²) in [7, 11) is 2.11. The Morgan fingerprint density at radius 2 is 1.48 bits per heavy atom. The predicted molar refractivity (Wildman–Crippen MR) is 97.0 cm³/mol. The summed E-state index contributed by atoms with van der Waals surface area (Å²) in [5, 5.41) is 2.73. The van der Waals surface area contributed by atoms with E-state index in [1.54, 1.807) is 0 Å². The van der Waals surface area contributed by atoms with Crippen LogP contribution in [0.4, 0.5) is 5.69 Å². The van der Waals surface area contributed by atoms with Crippen LogP contribution in [-0.2, 0) is 4.79 Å². The summed E-state index contributed by atoms with van der Waals surface area (Å²) in [5.74, 6) is -0.0284. The molecule has 0 unspecified atom stereocenters. The molecular weight excluding hydrogens is 260 g/mol. The van der Waals surface area contributed by atoms with Crippen LogP contribution >= 0.6 is 0 Å². The fourth-order valence-corrected chi connectivity index (χ4v) is 1.13. The van der Waals surface area contributed by atoms with Gasteiger partial charge in [0.25, 0.3) is 0 Å². The van der Waals surface area contributed by atoms with Crippen molar-refractivity contribution in [2.75, 3.05) is 25.5 Å². The highest BCUT2D eigenvalue weighted by Crippen LogP contribution is 2.12. The number of benzene rings is 1. The maximum Gasteiger partial charge on any atom is 0.221 e. The average Bonchev–Trinajstić information content (AvgIpc) is 2.53. The Bertz CT molecular complexity index is 334. The molecule has 0 heterocycles. The maximum absolute atomic E-state index is 10.7. The summed E-state index contributed by atoms with van der Waals surface area (Å²) in [6.07, 6.45) is 0. The van der Waals surface area contributed by atoms with E-state index in [2.05, 4.69) is 31.1 Å². The third-order valence-corrected chi connectivity index (χ3v) is 2.54. The van der Waals surface area contributed by atoms with Crippen LogP contribution in [0.25, 0.3) is 0 Å². The number of aryl methyl sites for hydroxylation is 1. The minimum absolute atomic E-state index is 0.0284. The van der Waals surface area contributed by atoms with Gasteiger partial charge in [-0.2, -0.15) is 0 Å². The molecule has 0 saturated heterocycles. The van der Waals surface area contributed by atoms with E-state index in [0.29, 0.717) is 0 Å². The quantitative estimate of drug-likeness (QED) is 0.854. The van der Waals surface area contributed by atoms with Gasteiger partial charge in [0.1, 0.15) is 0 Å². The smallest absolute Gasteiger partial charge is 0.221 e.